The zero-order valence-corrected chi connectivity index (χ0v) is 11.7. The summed E-state index contributed by atoms with van der Waals surface area (Å²) in [4.78, 5) is 14.4. The molecule has 0 atom stereocenters. The second kappa shape index (κ2) is 6.42. The lowest BCUT2D eigenvalue weighted by atomic mass is 10.1. The van der Waals surface area contributed by atoms with Gasteiger partial charge in [-0.15, -0.1) is 0 Å². The summed E-state index contributed by atoms with van der Waals surface area (Å²) in [6, 6.07) is 0.252. The monoisotopic (exact) mass is 252 g/mol. The van der Waals surface area contributed by atoms with Crippen LogP contribution in [0.4, 0.5) is 5.69 Å². The fourth-order valence-electron chi connectivity index (χ4n) is 2.13. The van der Waals surface area contributed by atoms with E-state index in [1.54, 1.807) is 0 Å². The van der Waals surface area contributed by atoms with E-state index in [0.29, 0.717) is 17.3 Å². The molecule has 0 fully saturated rings. The normalized spacial score (nSPS) is 11.2. The van der Waals surface area contributed by atoms with Crippen molar-refractivity contribution in [2.24, 2.45) is 5.92 Å². The Balaban J connectivity index is 2.95. The third-order valence-corrected chi connectivity index (χ3v) is 3.09. The van der Waals surface area contributed by atoms with E-state index in [2.05, 4.69) is 37.9 Å². The van der Waals surface area contributed by atoms with Gasteiger partial charge in [0, 0.05) is 12.6 Å². The number of hydrogen-bond acceptors (Lipinski definition) is 3. The molecule has 5 heteroatoms. The van der Waals surface area contributed by atoms with Crippen LogP contribution >= 0.6 is 0 Å². The van der Waals surface area contributed by atoms with Gasteiger partial charge in [0.25, 0.3) is 5.91 Å². The number of nitrogen functional groups attached to an aromatic ring is 1. The van der Waals surface area contributed by atoms with Crippen LogP contribution in [0, 0.1) is 5.92 Å². The third kappa shape index (κ3) is 3.24. The van der Waals surface area contributed by atoms with Crippen LogP contribution in [0.15, 0.2) is 6.20 Å². The summed E-state index contributed by atoms with van der Waals surface area (Å²) in [5.41, 5.74) is 6.57. The van der Waals surface area contributed by atoms with E-state index in [9.17, 15) is 4.79 Å². The van der Waals surface area contributed by atoms with Gasteiger partial charge in [0.05, 0.1) is 11.9 Å². The number of nitrogens with zero attached hydrogens (tertiary/aromatic N) is 2. The molecule has 0 aliphatic rings. The van der Waals surface area contributed by atoms with Gasteiger partial charge < -0.3 is 10.6 Å². The van der Waals surface area contributed by atoms with E-state index in [4.69, 9.17) is 5.73 Å². The number of nitrogens with one attached hydrogen (secondary N) is 1. The lowest BCUT2D eigenvalue weighted by Gasteiger charge is -2.31. The van der Waals surface area contributed by atoms with Gasteiger partial charge in [-0.25, -0.2) is 0 Å². The van der Waals surface area contributed by atoms with Crippen molar-refractivity contribution in [2.45, 2.75) is 46.6 Å². The summed E-state index contributed by atoms with van der Waals surface area (Å²) in [5, 5.41) is 6.51. The lowest BCUT2D eigenvalue weighted by molar-refractivity contribution is 0.0635. The molecule has 18 heavy (non-hydrogen) atoms. The number of rotatable bonds is 6. The van der Waals surface area contributed by atoms with Crippen molar-refractivity contribution in [3.8, 4) is 0 Å². The molecule has 5 nitrogen and oxygen atoms in total. The number of carbonyl (C=O) groups is 1. The summed E-state index contributed by atoms with van der Waals surface area (Å²) in [6.07, 6.45) is 3.37. The van der Waals surface area contributed by atoms with Crippen molar-refractivity contribution in [2.75, 3.05) is 12.3 Å². The second-order valence-corrected chi connectivity index (χ2v) is 5.02. The predicted molar refractivity (Wildman–Crippen MR) is 73.2 cm³/mol. The first-order chi connectivity index (χ1) is 8.51. The third-order valence-electron chi connectivity index (χ3n) is 3.09. The zero-order valence-electron chi connectivity index (χ0n) is 11.7. The summed E-state index contributed by atoms with van der Waals surface area (Å²) >= 11 is 0. The van der Waals surface area contributed by atoms with E-state index in [-0.39, 0.29) is 11.9 Å². The first-order valence-electron chi connectivity index (χ1n) is 6.60. The quantitative estimate of drug-likeness (QED) is 0.815. The number of aromatic nitrogens is 2. The van der Waals surface area contributed by atoms with Crippen molar-refractivity contribution in [1.29, 1.82) is 0 Å². The average Bonchev–Trinajstić information content (AvgIpc) is 2.74. The van der Waals surface area contributed by atoms with E-state index in [1.165, 1.54) is 6.20 Å². The van der Waals surface area contributed by atoms with Crippen LogP contribution in [0.1, 0.15) is 51.0 Å². The average molecular weight is 252 g/mol. The lowest BCUT2D eigenvalue weighted by Crippen LogP contribution is -2.42. The largest absolute Gasteiger partial charge is 0.396 e. The molecule has 1 heterocycles. The van der Waals surface area contributed by atoms with Crippen LogP contribution in [-0.2, 0) is 0 Å². The van der Waals surface area contributed by atoms with Gasteiger partial charge >= 0.3 is 0 Å². The molecule has 3 N–H and O–H groups in total. The molecule has 1 aromatic rings. The molecule has 0 aliphatic carbocycles. The molecule has 0 unspecified atom stereocenters. The molecule has 0 radical (unpaired) electrons. The summed E-state index contributed by atoms with van der Waals surface area (Å²) < 4.78 is 0. The van der Waals surface area contributed by atoms with Crippen LogP contribution in [0.25, 0.3) is 0 Å². The second-order valence-electron chi connectivity index (χ2n) is 5.02. The highest BCUT2D eigenvalue weighted by atomic mass is 16.2. The van der Waals surface area contributed by atoms with Gasteiger partial charge in [-0.1, -0.05) is 27.7 Å². The Morgan fingerprint density at radius 2 is 2.06 bits per heavy atom. The fourth-order valence-corrected chi connectivity index (χ4v) is 2.13. The Bertz CT molecular complexity index is 382. The molecule has 0 saturated heterocycles. The van der Waals surface area contributed by atoms with Gasteiger partial charge in [-0.05, 0) is 18.8 Å². The molecule has 0 bridgehead atoms. The van der Waals surface area contributed by atoms with Crippen LogP contribution in [-0.4, -0.2) is 33.6 Å². The van der Waals surface area contributed by atoms with Gasteiger partial charge in [0.2, 0.25) is 0 Å². The van der Waals surface area contributed by atoms with E-state index in [1.807, 2.05) is 4.90 Å². The molecule has 1 rings (SSSR count). The van der Waals surface area contributed by atoms with Crippen molar-refractivity contribution < 1.29 is 4.79 Å². The molecular weight excluding hydrogens is 228 g/mol. The van der Waals surface area contributed by atoms with Crippen LogP contribution in [0.5, 0.6) is 0 Å². The van der Waals surface area contributed by atoms with Crippen LogP contribution < -0.4 is 5.73 Å². The number of amides is 1. The Labute approximate surface area is 109 Å². The smallest absolute Gasteiger partial charge is 0.274 e. The fraction of sp³-hybridized carbons (Fsp3) is 0.692. The highest BCUT2D eigenvalue weighted by molar-refractivity contribution is 5.97. The number of hydrogen-bond donors (Lipinski definition) is 2. The summed E-state index contributed by atoms with van der Waals surface area (Å²) in [6.45, 7) is 9.16. The van der Waals surface area contributed by atoms with E-state index >= 15 is 0 Å². The molecule has 0 saturated carbocycles. The number of H-pyrrole nitrogens is 1. The molecule has 1 amide bonds. The molecule has 102 valence electrons. The molecule has 0 aromatic carbocycles. The summed E-state index contributed by atoms with van der Waals surface area (Å²) in [7, 11) is 0. The van der Waals surface area contributed by atoms with Gasteiger partial charge in [-0.3, -0.25) is 9.89 Å². The molecular formula is C13H24N4O. The maximum atomic E-state index is 12.5. The Morgan fingerprint density at radius 1 is 1.44 bits per heavy atom. The molecule has 1 aromatic heterocycles. The first-order valence-corrected chi connectivity index (χ1v) is 6.60. The number of carbonyl (C=O) groups excluding carboxylic acids is 1. The molecule has 0 aliphatic heterocycles. The van der Waals surface area contributed by atoms with Gasteiger partial charge in [-0.2, -0.15) is 5.10 Å². The number of anilines is 1. The predicted octanol–water partition coefficient (Wildman–Crippen LogP) is 2.28. The number of aromatic amines is 1. The Hall–Kier alpha value is -1.52. The minimum absolute atomic E-state index is 0.0487. The Morgan fingerprint density at radius 3 is 2.44 bits per heavy atom. The topological polar surface area (TPSA) is 75.0 Å². The van der Waals surface area contributed by atoms with E-state index in [0.717, 1.165) is 19.4 Å². The highest BCUT2D eigenvalue weighted by Crippen LogP contribution is 2.17. The minimum atomic E-state index is -0.0487. The minimum Gasteiger partial charge on any atom is -0.396 e. The Kier molecular flexibility index (Phi) is 5.19. The van der Waals surface area contributed by atoms with Gasteiger partial charge in [0.1, 0.15) is 5.69 Å². The van der Waals surface area contributed by atoms with Crippen molar-refractivity contribution in [1.82, 2.24) is 15.1 Å². The highest BCUT2D eigenvalue weighted by Gasteiger charge is 2.25. The molecule has 0 spiro atoms. The van der Waals surface area contributed by atoms with Crippen LogP contribution in [0.2, 0.25) is 0 Å². The number of nitrogens with two attached hydrogens (primary N) is 1. The van der Waals surface area contributed by atoms with Crippen molar-refractivity contribution in [3.05, 3.63) is 11.9 Å². The summed E-state index contributed by atoms with van der Waals surface area (Å²) in [5.74, 6) is 0.381. The SMILES string of the molecule is CCC(CC)N(CC(C)C)C(=O)c1[nH]ncc1N. The maximum Gasteiger partial charge on any atom is 0.274 e. The van der Waals surface area contributed by atoms with Crippen molar-refractivity contribution >= 4 is 11.6 Å². The van der Waals surface area contributed by atoms with Crippen molar-refractivity contribution in [3.63, 3.8) is 0 Å². The van der Waals surface area contributed by atoms with E-state index < -0.39 is 0 Å². The van der Waals surface area contributed by atoms with Gasteiger partial charge in [0.15, 0.2) is 0 Å². The maximum absolute atomic E-state index is 12.5. The zero-order chi connectivity index (χ0) is 13.7. The van der Waals surface area contributed by atoms with Crippen LogP contribution in [0.3, 0.4) is 0 Å². The standard InChI is InChI=1S/C13H24N4O/c1-5-10(6-2)17(8-9(3)4)13(18)12-11(14)7-15-16-12/h7,9-10H,5-6,8,14H2,1-4H3,(H,15,16). The first kappa shape index (κ1) is 14.5.